The first-order valence-corrected chi connectivity index (χ1v) is 8.36. The highest BCUT2D eigenvalue weighted by Gasteiger charge is 2.41. The minimum Gasteiger partial charge on any atom is -0.373 e. The van der Waals surface area contributed by atoms with Crippen LogP contribution in [0, 0.1) is 5.82 Å². The van der Waals surface area contributed by atoms with E-state index < -0.39 is 0 Å². The van der Waals surface area contributed by atoms with Crippen molar-refractivity contribution in [3.05, 3.63) is 35.6 Å². The minimum absolute atomic E-state index is 0.115. The van der Waals surface area contributed by atoms with E-state index in [2.05, 4.69) is 29.5 Å². The lowest BCUT2D eigenvalue weighted by molar-refractivity contribution is 0.0992. The van der Waals surface area contributed by atoms with Crippen LogP contribution >= 0.6 is 0 Å². The molecular formula is C18H26FN3O. The normalized spacial score (nSPS) is 27.3. The van der Waals surface area contributed by atoms with Crippen LogP contribution in [0.5, 0.6) is 0 Å². The van der Waals surface area contributed by atoms with E-state index in [4.69, 9.17) is 4.74 Å². The number of aliphatic imine (C=N–C) groups is 1. The fraction of sp³-hybridized carbons (Fsp3) is 0.611. The maximum absolute atomic E-state index is 13.1. The number of halogens is 1. The lowest BCUT2D eigenvalue weighted by Gasteiger charge is -2.28. The molecule has 0 aromatic heterocycles. The summed E-state index contributed by atoms with van der Waals surface area (Å²) in [7, 11) is 1.79. The van der Waals surface area contributed by atoms with Gasteiger partial charge in [0.25, 0.3) is 0 Å². The molecule has 2 fully saturated rings. The fourth-order valence-electron chi connectivity index (χ4n) is 3.47. The van der Waals surface area contributed by atoms with Gasteiger partial charge in [0.05, 0.1) is 18.2 Å². The molecule has 2 N–H and O–H groups in total. The molecule has 0 aliphatic carbocycles. The third kappa shape index (κ3) is 3.66. The van der Waals surface area contributed by atoms with Crippen LogP contribution in [0.4, 0.5) is 4.39 Å². The molecule has 0 saturated carbocycles. The summed E-state index contributed by atoms with van der Waals surface area (Å²) in [6.07, 6.45) is 4.13. The van der Waals surface area contributed by atoms with Gasteiger partial charge < -0.3 is 15.4 Å². The van der Waals surface area contributed by atoms with Crippen molar-refractivity contribution in [1.82, 2.24) is 10.6 Å². The first-order chi connectivity index (χ1) is 11.0. The van der Waals surface area contributed by atoms with Gasteiger partial charge >= 0.3 is 0 Å². The van der Waals surface area contributed by atoms with Crippen molar-refractivity contribution in [3.8, 4) is 0 Å². The first kappa shape index (κ1) is 16.2. The summed E-state index contributed by atoms with van der Waals surface area (Å²) in [5.74, 6) is 0.604. The quantitative estimate of drug-likeness (QED) is 0.662. The maximum Gasteiger partial charge on any atom is 0.191 e. The third-order valence-corrected chi connectivity index (χ3v) is 4.98. The lowest BCUT2D eigenvalue weighted by atomic mass is 9.84. The number of ether oxygens (including phenoxy) is 1. The third-order valence-electron chi connectivity index (χ3n) is 4.98. The Bertz CT molecular complexity index is 570. The Labute approximate surface area is 137 Å². The Balaban J connectivity index is 1.56. The number of nitrogens with one attached hydrogen (secondary N) is 2. The molecule has 1 aromatic carbocycles. The standard InChI is InChI=1S/C18H26FN3O/c1-18(2,12-4-6-13(19)7-5-12)11-21-17(20-3)22-15-10-14-8-9-16(15)23-14/h4-7,14-16H,8-11H2,1-3H3,(H2,20,21,22). The van der Waals surface area contributed by atoms with Gasteiger partial charge in [0.15, 0.2) is 5.96 Å². The molecule has 4 nitrogen and oxygen atoms in total. The fourth-order valence-corrected chi connectivity index (χ4v) is 3.47. The number of rotatable bonds is 4. The van der Waals surface area contributed by atoms with Gasteiger partial charge in [-0.25, -0.2) is 4.39 Å². The second-order valence-corrected chi connectivity index (χ2v) is 7.18. The van der Waals surface area contributed by atoms with Crippen molar-refractivity contribution < 1.29 is 9.13 Å². The van der Waals surface area contributed by atoms with Crippen LogP contribution in [0.1, 0.15) is 38.7 Å². The molecular weight excluding hydrogens is 293 g/mol. The van der Waals surface area contributed by atoms with Crippen molar-refractivity contribution in [3.63, 3.8) is 0 Å². The SMILES string of the molecule is CN=C(NCC(C)(C)c1ccc(F)cc1)NC1CC2CCC1O2. The highest BCUT2D eigenvalue weighted by atomic mass is 19.1. The molecule has 3 unspecified atom stereocenters. The molecule has 3 rings (SSSR count). The number of hydrogen-bond acceptors (Lipinski definition) is 2. The first-order valence-electron chi connectivity index (χ1n) is 8.36. The van der Waals surface area contributed by atoms with E-state index in [-0.39, 0.29) is 11.2 Å². The second kappa shape index (κ2) is 6.48. The van der Waals surface area contributed by atoms with Crippen LogP contribution in [0.15, 0.2) is 29.3 Å². The smallest absolute Gasteiger partial charge is 0.191 e. The largest absolute Gasteiger partial charge is 0.373 e. The number of benzene rings is 1. The zero-order chi connectivity index (χ0) is 16.4. The Kier molecular flexibility index (Phi) is 4.57. The monoisotopic (exact) mass is 319 g/mol. The predicted molar refractivity (Wildman–Crippen MR) is 90.2 cm³/mol. The molecule has 126 valence electrons. The number of nitrogens with zero attached hydrogens (tertiary/aromatic N) is 1. The van der Waals surface area contributed by atoms with Gasteiger partial charge in [-0.05, 0) is 37.0 Å². The molecule has 0 radical (unpaired) electrons. The molecule has 0 amide bonds. The Morgan fingerprint density at radius 3 is 2.61 bits per heavy atom. The van der Waals surface area contributed by atoms with Gasteiger partial charge in [-0.3, -0.25) is 4.99 Å². The van der Waals surface area contributed by atoms with Crippen LogP contribution < -0.4 is 10.6 Å². The molecule has 2 aliphatic rings. The summed E-state index contributed by atoms with van der Waals surface area (Å²) < 4.78 is 19.0. The summed E-state index contributed by atoms with van der Waals surface area (Å²) in [5.41, 5.74) is 0.987. The van der Waals surface area contributed by atoms with Crippen LogP contribution in [0.3, 0.4) is 0 Å². The van der Waals surface area contributed by atoms with Crippen molar-refractivity contribution in [2.75, 3.05) is 13.6 Å². The van der Waals surface area contributed by atoms with Gasteiger partial charge in [0.1, 0.15) is 5.82 Å². The van der Waals surface area contributed by atoms with E-state index in [1.54, 1.807) is 7.05 Å². The predicted octanol–water partition coefficient (Wildman–Crippen LogP) is 2.59. The van der Waals surface area contributed by atoms with Gasteiger partial charge in [0, 0.05) is 19.0 Å². The van der Waals surface area contributed by atoms with Crippen molar-refractivity contribution in [2.45, 2.75) is 56.8 Å². The van der Waals surface area contributed by atoms with E-state index >= 15 is 0 Å². The molecule has 2 aliphatic heterocycles. The Hall–Kier alpha value is -1.62. The van der Waals surface area contributed by atoms with Gasteiger partial charge in [0.2, 0.25) is 0 Å². The van der Waals surface area contributed by atoms with Crippen LogP contribution in [-0.4, -0.2) is 37.8 Å². The lowest BCUT2D eigenvalue weighted by Crippen LogP contribution is -2.49. The molecule has 2 saturated heterocycles. The van der Waals surface area contributed by atoms with Crippen molar-refractivity contribution in [1.29, 1.82) is 0 Å². The molecule has 0 spiro atoms. The highest BCUT2D eigenvalue weighted by molar-refractivity contribution is 5.80. The van der Waals surface area contributed by atoms with Crippen molar-refractivity contribution in [2.24, 2.45) is 4.99 Å². The molecule has 5 heteroatoms. The van der Waals surface area contributed by atoms with E-state index in [0.717, 1.165) is 30.9 Å². The molecule has 1 aromatic rings. The van der Waals surface area contributed by atoms with E-state index in [1.165, 1.54) is 18.6 Å². The molecule has 2 heterocycles. The van der Waals surface area contributed by atoms with Gasteiger partial charge in [-0.1, -0.05) is 26.0 Å². The highest BCUT2D eigenvalue weighted by Crippen LogP contribution is 2.34. The van der Waals surface area contributed by atoms with Gasteiger partial charge in [-0.2, -0.15) is 0 Å². The summed E-state index contributed by atoms with van der Waals surface area (Å²) >= 11 is 0. The average Bonchev–Trinajstić information content (AvgIpc) is 3.14. The summed E-state index contributed by atoms with van der Waals surface area (Å²) in [6, 6.07) is 7.07. The zero-order valence-electron chi connectivity index (χ0n) is 14.1. The summed E-state index contributed by atoms with van der Waals surface area (Å²) in [5, 5.41) is 6.88. The van der Waals surface area contributed by atoms with Crippen LogP contribution in [0.25, 0.3) is 0 Å². The second-order valence-electron chi connectivity index (χ2n) is 7.18. The van der Waals surface area contributed by atoms with Crippen LogP contribution in [-0.2, 0) is 10.2 Å². The maximum atomic E-state index is 13.1. The van der Waals surface area contributed by atoms with Crippen LogP contribution in [0.2, 0.25) is 0 Å². The van der Waals surface area contributed by atoms with E-state index in [0.29, 0.717) is 18.2 Å². The Morgan fingerprint density at radius 1 is 1.30 bits per heavy atom. The zero-order valence-corrected chi connectivity index (χ0v) is 14.1. The number of guanidine groups is 1. The van der Waals surface area contributed by atoms with Crippen molar-refractivity contribution >= 4 is 5.96 Å². The molecule has 3 atom stereocenters. The molecule has 23 heavy (non-hydrogen) atoms. The summed E-state index contributed by atoms with van der Waals surface area (Å²) in [4.78, 5) is 4.32. The average molecular weight is 319 g/mol. The Morgan fingerprint density at radius 2 is 2.04 bits per heavy atom. The number of fused-ring (bicyclic) bond motifs is 2. The number of hydrogen-bond donors (Lipinski definition) is 2. The summed E-state index contributed by atoms with van der Waals surface area (Å²) in [6.45, 7) is 5.00. The molecule has 2 bridgehead atoms. The van der Waals surface area contributed by atoms with E-state index in [9.17, 15) is 4.39 Å². The minimum atomic E-state index is -0.203. The van der Waals surface area contributed by atoms with Gasteiger partial charge in [-0.15, -0.1) is 0 Å². The topological polar surface area (TPSA) is 45.7 Å². The van der Waals surface area contributed by atoms with E-state index in [1.807, 2.05) is 12.1 Å².